The molecule has 98 valence electrons. The Morgan fingerprint density at radius 3 is 2.39 bits per heavy atom. The Balaban J connectivity index is 0.000000771. The lowest BCUT2D eigenvalue weighted by Crippen LogP contribution is -2.10. The predicted octanol–water partition coefficient (Wildman–Crippen LogP) is 4.19. The van der Waals surface area contributed by atoms with Crippen LogP contribution in [-0.2, 0) is 6.42 Å². The second-order valence-corrected chi connectivity index (χ2v) is 4.44. The van der Waals surface area contributed by atoms with E-state index in [2.05, 4.69) is 29.6 Å². The van der Waals surface area contributed by atoms with E-state index < -0.39 is 0 Å². The summed E-state index contributed by atoms with van der Waals surface area (Å²) in [5.41, 5.74) is 1.34. The molecule has 0 unspecified atom stereocenters. The van der Waals surface area contributed by atoms with Crippen molar-refractivity contribution in [1.82, 2.24) is 5.32 Å². The average molecular weight is 263 g/mol. The average Bonchev–Trinajstić information content (AvgIpc) is 2.46. The maximum Gasteiger partial charge on any atom is 0.0357 e. The Morgan fingerprint density at radius 1 is 1.06 bits per heavy atom. The van der Waals surface area contributed by atoms with Crippen LogP contribution in [0.5, 0.6) is 0 Å². The van der Waals surface area contributed by atoms with Gasteiger partial charge in [-0.25, -0.2) is 0 Å². The van der Waals surface area contributed by atoms with E-state index in [-0.39, 0.29) is 0 Å². The van der Waals surface area contributed by atoms with Gasteiger partial charge in [-0.05, 0) is 48.5 Å². The Labute approximate surface area is 114 Å². The molecule has 0 radical (unpaired) electrons. The molecule has 3 heteroatoms. The highest BCUT2D eigenvalue weighted by Crippen LogP contribution is 2.22. The molecule has 0 aliphatic heterocycles. The quantitative estimate of drug-likeness (QED) is 0.811. The van der Waals surface area contributed by atoms with E-state index in [0.29, 0.717) is 0 Å². The highest BCUT2D eigenvalue weighted by Gasteiger charge is 1.98. The van der Waals surface area contributed by atoms with Crippen molar-refractivity contribution < 1.29 is 4.55 Å². The predicted molar refractivity (Wildman–Crippen MR) is 81.4 cm³/mol. The molecule has 2 nitrogen and oxygen atoms in total. The van der Waals surface area contributed by atoms with Crippen LogP contribution in [0.25, 0.3) is 10.8 Å². The summed E-state index contributed by atoms with van der Waals surface area (Å²) in [5.74, 6) is 0. The van der Waals surface area contributed by atoms with Gasteiger partial charge in [0, 0.05) is 16.9 Å². The normalized spacial score (nSPS) is 10.0. The lowest BCUT2D eigenvalue weighted by Gasteiger charge is -2.04. The zero-order valence-electron chi connectivity index (χ0n) is 11.2. The molecule has 0 saturated heterocycles. The van der Waals surface area contributed by atoms with Crippen molar-refractivity contribution >= 4 is 22.8 Å². The van der Waals surface area contributed by atoms with Gasteiger partial charge in [-0.3, -0.25) is 0 Å². The molecule has 0 fully saturated rings. The third kappa shape index (κ3) is 4.02. The first-order valence-electron chi connectivity index (χ1n) is 6.32. The second kappa shape index (κ2) is 8.14. The Kier molecular flexibility index (Phi) is 6.80. The van der Waals surface area contributed by atoms with Gasteiger partial charge in [-0.1, -0.05) is 38.1 Å². The highest BCUT2D eigenvalue weighted by atomic mass is 32.2. The summed E-state index contributed by atoms with van der Waals surface area (Å²) in [5, 5.41) is 5.55. The SMILES string of the molecule is CC.CNCCc1ccc2cc(SO)ccc2c1. The minimum Gasteiger partial charge on any atom is -0.325 e. The molecule has 0 spiro atoms. The third-order valence-corrected chi connectivity index (χ3v) is 3.11. The summed E-state index contributed by atoms with van der Waals surface area (Å²) in [6.07, 6.45) is 1.04. The molecule has 0 aromatic heterocycles. The molecule has 18 heavy (non-hydrogen) atoms. The number of hydrogen-bond donors (Lipinski definition) is 2. The van der Waals surface area contributed by atoms with Crippen LogP contribution in [0.15, 0.2) is 41.3 Å². The number of nitrogens with one attached hydrogen (secondary N) is 1. The van der Waals surface area contributed by atoms with E-state index in [1.165, 1.54) is 16.3 Å². The largest absolute Gasteiger partial charge is 0.325 e. The topological polar surface area (TPSA) is 32.3 Å². The maximum absolute atomic E-state index is 8.98. The molecule has 0 heterocycles. The molecule has 2 aromatic rings. The van der Waals surface area contributed by atoms with Gasteiger partial charge in [0.2, 0.25) is 0 Å². The van der Waals surface area contributed by atoms with Crippen LogP contribution in [0.2, 0.25) is 0 Å². The highest BCUT2D eigenvalue weighted by molar-refractivity contribution is 7.93. The fourth-order valence-electron chi connectivity index (χ4n) is 1.75. The van der Waals surface area contributed by atoms with Gasteiger partial charge in [0.25, 0.3) is 0 Å². The van der Waals surface area contributed by atoms with Crippen molar-refractivity contribution in [2.24, 2.45) is 0 Å². The van der Waals surface area contributed by atoms with Crippen molar-refractivity contribution in [1.29, 1.82) is 0 Å². The summed E-state index contributed by atoms with van der Waals surface area (Å²) in [4.78, 5) is 0.885. The molecular formula is C15H21NOS. The van der Waals surface area contributed by atoms with Gasteiger partial charge < -0.3 is 9.87 Å². The van der Waals surface area contributed by atoms with E-state index >= 15 is 0 Å². The van der Waals surface area contributed by atoms with Crippen LogP contribution in [-0.4, -0.2) is 18.1 Å². The van der Waals surface area contributed by atoms with Gasteiger partial charge in [0.1, 0.15) is 0 Å². The van der Waals surface area contributed by atoms with Crippen molar-refractivity contribution in [3.63, 3.8) is 0 Å². The van der Waals surface area contributed by atoms with Crippen molar-refractivity contribution in [2.75, 3.05) is 13.6 Å². The van der Waals surface area contributed by atoms with Gasteiger partial charge >= 0.3 is 0 Å². The number of fused-ring (bicyclic) bond motifs is 1. The molecule has 0 amide bonds. The van der Waals surface area contributed by atoms with Crippen LogP contribution in [0.4, 0.5) is 0 Å². The first-order valence-corrected chi connectivity index (χ1v) is 7.09. The van der Waals surface area contributed by atoms with Gasteiger partial charge in [-0.2, -0.15) is 0 Å². The fourth-order valence-corrected chi connectivity index (χ4v) is 2.06. The van der Waals surface area contributed by atoms with Crippen molar-refractivity contribution in [2.45, 2.75) is 25.2 Å². The molecule has 0 aliphatic rings. The van der Waals surface area contributed by atoms with E-state index in [9.17, 15) is 0 Å². The Hall–Kier alpha value is -1.03. The minimum absolute atomic E-state index is 0.792. The molecule has 2 rings (SSSR count). The molecule has 0 bridgehead atoms. The number of likely N-dealkylation sites (N-methyl/N-ethyl adjacent to an activating group) is 1. The summed E-state index contributed by atoms with van der Waals surface area (Å²) < 4.78 is 8.98. The first-order chi connectivity index (χ1) is 8.83. The fraction of sp³-hybridized carbons (Fsp3) is 0.333. The smallest absolute Gasteiger partial charge is 0.0357 e. The summed E-state index contributed by atoms with van der Waals surface area (Å²) in [6, 6.07) is 12.5. The van der Waals surface area contributed by atoms with Crippen LogP contribution in [0.1, 0.15) is 19.4 Å². The number of benzene rings is 2. The molecule has 0 aliphatic carbocycles. The summed E-state index contributed by atoms with van der Waals surface area (Å²) in [6.45, 7) is 5.00. The number of rotatable bonds is 4. The molecule has 2 aromatic carbocycles. The number of hydrogen-bond acceptors (Lipinski definition) is 3. The van der Waals surface area contributed by atoms with E-state index in [1.807, 2.05) is 33.0 Å². The molecule has 2 N–H and O–H groups in total. The lowest BCUT2D eigenvalue weighted by atomic mass is 10.1. The van der Waals surface area contributed by atoms with Crippen LogP contribution in [0, 0.1) is 0 Å². The first kappa shape index (κ1) is 15.0. The molecule has 0 saturated carbocycles. The van der Waals surface area contributed by atoms with Crippen molar-refractivity contribution in [3.05, 3.63) is 42.0 Å². The van der Waals surface area contributed by atoms with E-state index in [4.69, 9.17) is 4.55 Å². The second-order valence-electron chi connectivity index (χ2n) is 3.79. The van der Waals surface area contributed by atoms with Crippen LogP contribution < -0.4 is 5.32 Å². The third-order valence-electron chi connectivity index (χ3n) is 2.65. The monoisotopic (exact) mass is 263 g/mol. The Morgan fingerprint density at radius 2 is 1.72 bits per heavy atom. The van der Waals surface area contributed by atoms with Crippen LogP contribution >= 0.6 is 12.0 Å². The van der Waals surface area contributed by atoms with E-state index in [0.717, 1.165) is 29.9 Å². The van der Waals surface area contributed by atoms with Crippen molar-refractivity contribution in [3.8, 4) is 0 Å². The van der Waals surface area contributed by atoms with Crippen LogP contribution in [0.3, 0.4) is 0 Å². The molecular weight excluding hydrogens is 242 g/mol. The summed E-state index contributed by atoms with van der Waals surface area (Å²) >= 11 is 0.792. The van der Waals surface area contributed by atoms with E-state index in [1.54, 1.807) is 0 Å². The zero-order valence-corrected chi connectivity index (χ0v) is 12.1. The van der Waals surface area contributed by atoms with Gasteiger partial charge in [0.05, 0.1) is 0 Å². The zero-order chi connectivity index (χ0) is 13.4. The summed E-state index contributed by atoms with van der Waals surface area (Å²) in [7, 11) is 1.96. The van der Waals surface area contributed by atoms with Gasteiger partial charge in [0.15, 0.2) is 0 Å². The standard InChI is InChI=1S/C13H15NOS.C2H6/c1-14-7-6-10-2-3-12-9-13(16-15)5-4-11(12)8-10;1-2/h2-5,8-9,14-15H,6-7H2,1H3;1-2H3. The minimum atomic E-state index is 0.792. The lowest BCUT2D eigenvalue weighted by molar-refractivity contribution is 0.664. The maximum atomic E-state index is 8.98. The Bertz CT molecular complexity index is 485. The molecule has 0 atom stereocenters. The van der Waals surface area contributed by atoms with Gasteiger partial charge in [-0.15, -0.1) is 0 Å².